The van der Waals surface area contributed by atoms with Gasteiger partial charge in [-0.1, -0.05) is 26.0 Å². The minimum absolute atomic E-state index is 0.0856. The van der Waals surface area contributed by atoms with E-state index in [1.807, 2.05) is 13.8 Å². The van der Waals surface area contributed by atoms with Gasteiger partial charge in [0.15, 0.2) is 0 Å². The number of hydrogen-bond donors (Lipinski definition) is 4. The van der Waals surface area contributed by atoms with Crippen molar-refractivity contribution in [3.63, 3.8) is 0 Å². The van der Waals surface area contributed by atoms with Crippen LogP contribution in [0.2, 0.25) is 0 Å². The number of primary amides is 1. The highest BCUT2D eigenvalue weighted by Gasteiger charge is 2.34. The Labute approximate surface area is 171 Å². The van der Waals surface area contributed by atoms with Crippen LogP contribution >= 0.6 is 7.60 Å². The van der Waals surface area contributed by atoms with Crippen LogP contribution in [-0.4, -0.2) is 58.5 Å². The average molecular weight is 429 g/mol. The Morgan fingerprint density at radius 2 is 1.76 bits per heavy atom. The van der Waals surface area contributed by atoms with Crippen molar-refractivity contribution >= 4 is 19.4 Å². The number of benzene rings is 1. The fraction of sp³-hybridized carbons (Fsp3) is 0.579. The second kappa shape index (κ2) is 10.7. The number of methoxy groups -OCH3 is 1. The van der Waals surface area contributed by atoms with E-state index < -0.39 is 37.3 Å². The van der Waals surface area contributed by atoms with Gasteiger partial charge in [-0.25, -0.2) is 0 Å². The van der Waals surface area contributed by atoms with Crippen LogP contribution in [-0.2, 0) is 20.6 Å². The molecule has 0 spiro atoms. The Kier molecular flexibility index (Phi) is 9.29. The third-order valence-electron chi connectivity index (χ3n) is 4.68. The van der Waals surface area contributed by atoms with E-state index in [1.165, 1.54) is 18.9 Å². The van der Waals surface area contributed by atoms with Crippen LogP contribution in [0.3, 0.4) is 0 Å². The van der Waals surface area contributed by atoms with E-state index in [1.54, 1.807) is 31.4 Å². The summed E-state index contributed by atoms with van der Waals surface area (Å²) in [5, 5.41) is 2.72. The summed E-state index contributed by atoms with van der Waals surface area (Å²) < 4.78 is 16.6. The van der Waals surface area contributed by atoms with Crippen molar-refractivity contribution in [2.24, 2.45) is 11.7 Å². The van der Waals surface area contributed by atoms with E-state index in [9.17, 15) is 23.9 Å². The molecule has 2 amide bonds. The zero-order valence-corrected chi connectivity index (χ0v) is 18.4. The van der Waals surface area contributed by atoms with E-state index in [-0.39, 0.29) is 12.3 Å². The fourth-order valence-corrected chi connectivity index (χ4v) is 3.29. The molecule has 0 bridgehead atoms. The predicted octanol–water partition coefficient (Wildman–Crippen LogP) is 1.08. The van der Waals surface area contributed by atoms with Gasteiger partial charge in [0, 0.05) is 13.5 Å². The topological polar surface area (TPSA) is 142 Å². The van der Waals surface area contributed by atoms with Crippen molar-refractivity contribution in [2.75, 3.05) is 14.2 Å². The van der Waals surface area contributed by atoms with Crippen molar-refractivity contribution < 1.29 is 28.7 Å². The van der Waals surface area contributed by atoms with Gasteiger partial charge in [-0.3, -0.25) is 19.5 Å². The molecule has 9 nitrogen and oxygen atoms in total. The first-order valence-electron chi connectivity index (χ1n) is 9.37. The Bertz CT molecular complexity index is 734. The summed E-state index contributed by atoms with van der Waals surface area (Å²) in [5.74, 6) is -1.56. The molecule has 1 aromatic rings. The van der Waals surface area contributed by atoms with E-state index in [0.29, 0.717) is 12.2 Å². The number of likely N-dealkylation sites (N-methyl/N-ethyl adjacent to an activating group) is 1. The lowest BCUT2D eigenvalue weighted by molar-refractivity contribution is -0.139. The molecule has 0 radical (unpaired) electrons. The molecular weight excluding hydrogens is 397 g/mol. The molecule has 0 saturated carbocycles. The molecule has 1 rings (SSSR count). The molecule has 10 heteroatoms. The highest BCUT2D eigenvalue weighted by atomic mass is 31.2. The van der Waals surface area contributed by atoms with Crippen molar-refractivity contribution in [3.8, 4) is 5.75 Å². The van der Waals surface area contributed by atoms with E-state index in [0.717, 1.165) is 5.56 Å². The SMILES string of the molecule is COc1ccc(C[C@@H](C(N)=O)N(C)C(=O)[C@H](CC(C)C)NC(C)P(=O)(O)O)cc1. The first-order chi connectivity index (χ1) is 13.4. The maximum Gasteiger partial charge on any atom is 0.342 e. The molecule has 0 fully saturated rings. The van der Waals surface area contributed by atoms with Gasteiger partial charge in [-0.2, -0.15) is 0 Å². The summed E-state index contributed by atoms with van der Waals surface area (Å²) >= 11 is 0. The van der Waals surface area contributed by atoms with Crippen LogP contribution in [0.1, 0.15) is 32.8 Å². The Balaban J connectivity index is 3.03. The van der Waals surface area contributed by atoms with E-state index >= 15 is 0 Å². The van der Waals surface area contributed by atoms with Gasteiger partial charge in [0.05, 0.1) is 13.2 Å². The Morgan fingerprint density at radius 3 is 2.17 bits per heavy atom. The quantitative estimate of drug-likeness (QED) is 0.386. The smallest absolute Gasteiger partial charge is 0.342 e. The number of ether oxygens (including phenoxy) is 1. The lowest BCUT2D eigenvalue weighted by Crippen LogP contribution is -2.54. The largest absolute Gasteiger partial charge is 0.497 e. The molecule has 0 heterocycles. The van der Waals surface area contributed by atoms with Gasteiger partial charge < -0.3 is 25.2 Å². The predicted molar refractivity (Wildman–Crippen MR) is 110 cm³/mol. The molecule has 1 aromatic carbocycles. The number of nitrogens with zero attached hydrogens (tertiary/aromatic N) is 1. The van der Waals surface area contributed by atoms with Gasteiger partial charge in [0.2, 0.25) is 11.8 Å². The standard InChI is InChI=1S/C19H32N3O6P/c1-12(2)10-16(21-13(3)29(25,26)27)19(24)22(4)17(18(20)23)11-14-6-8-15(28-5)9-7-14/h6-9,12-13,16-17,21H,10-11H2,1-5H3,(H2,20,23)(H2,25,26,27)/t13?,16-,17-/m0/s1. The molecule has 5 N–H and O–H groups in total. The zero-order chi connectivity index (χ0) is 22.4. The third kappa shape index (κ3) is 7.78. The van der Waals surface area contributed by atoms with Crippen LogP contribution in [0, 0.1) is 5.92 Å². The first kappa shape index (κ1) is 25.1. The van der Waals surface area contributed by atoms with Gasteiger partial charge in [0.25, 0.3) is 0 Å². The van der Waals surface area contributed by atoms with Gasteiger partial charge in [-0.15, -0.1) is 0 Å². The first-order valence-corrected chi connectivity index (χ1v) is 11.0. The van der Waals surface area contributed by atoms with Crippen LogP contribution in [0.5, 0.6) is 5.75 Å². The van der Waals surface area contributed by atoms with Crippen molar-refractivity contribution in [1.82, 2.24) is 10.2 Å². The number of rotatable bonds is 11. The molecule has 1 unspecified atom stereocenters. The number of carbonyl (C=O) groups is 2. The molecule has 0 aromatic heterocycles. The number of nitrogens with one attached hydrogen (secondary N) is 1. The Hall–Kier alpha value is -1.93. The number of hydrogen-bond acceptors (Lipinski definition) is 5. The summed E-state index contributed by atoms with van der Waals surface area (Å²) in [6.45, 7) is 5.12. The maximum absolute atomic E-state index is 13.1. The molecule has 3 atom stereocenters. The molecular formula is C19H32N3O6P. The second-order valence-corrected chi connectivity index (χ2v) is 9.49. The fourth-order valence-electron chi connectivity index (χ4n) is 2.91. The van der Waals surface area contributed by atoms with Crippen molar-refractivity contribution in [3.05, 3.63) is 29.8 Å². The van der Waals surface area contributed by atoms with Crippen LogP contribution in [0.15, 0.2) is 24.3 Å². The minimum Gasteiger partial charge on any atom is -0.497 e. The number of amides is 2. The highest BCUT2D eigenvalue weighted by Crippen LogP contribution is 2.39. The average Bonchev–Trinajstić information content (AvgIpc) is 2.63. The summed E-state index contributed by atoms with van der Waals surface area (Å²) in [6, 6.07) is 5.30. The monoisotopic (exact) mass is 429 g/mol. The number of carbonyl (C=O) groups excluding carboxylic acids is 2. The molecule has 0 aliphatic heterocycles. The van der Waals surface area contributed by atoms with Gasteiger partial charge in [-0.05, 0) is 37.0 Å². The van der Waals surface area contributed by atoms with E-state index in [4.69, 9.17) is 10.5 Å². The van der Waals surface area contributed by atoms with Gasteiger partial charge >= 0.3 is 7.60 Å². The summed E-state index contributed by atoms with van der Waals surface area (Å²) in [6.07, 6.45) is 0.561. The van der Waals surface area contributed by atoms with Gasteiger partial charge in [0.1, 0.15) is 17.6 Å². The summed E-state index contributed by atoms with van der Waals surface area (Å²) in [5.41, 5.74) is 6.35. The Morgan fingerprint density at radius 1 is 1.21 bits per heavy atom. The lowest BCUT2D eigenvalue weighted by atomic mass is 10.00. The normalized spacial score (nSPS) is 14.9. The number of nitrogens with two attached hydrogens (primary N) is 1. The van der Waals surface area contributed by atoms with Crippen LogP contribution < -0.4 is 15.8 Å². The molecule has 29 heavy (non-hydrogen) atoms. The lowest BCUT2D eigenvalue weighted by Gasteiger charge is -2.32. The molecule has 0 aliphatic rings. The van der Waals surface area contributed by atoms with Crippen molar-refractivity contribution in [1.29, 1.82) is 0 Å². The van der Waals surface area contributed by atoms with E-state index in [2.05, 4.69) is 5.32 Å². The summed E-state index contributed by atoms with van der Waals surface area (Å²) in [7, 11) is -1.39. The third-order valence-corrected chi connectivity index (χ3v) is 5.84. The molecule has 0 saturated heterocycles. The van der Waals surface area contributed by atoms with Crippen LogP contribution in [0.25, 0.3) is 0 Å². The summed E-state index contributed by atoms with van der Waals surface area (Å²) in [4.78, 5) is 45.1. The molecule has 0 aliphatic carbocycles. The zero-order valence-electron chi connectivity index (χ0n) is 17.5. The minimum atomic E-state index is -4.41. The highest BCUT2D eigenvalue weighted by molar-refractivity contribution is 7.52. The van der Waals surface area contributed by atoms with Crippen molar-refractivity contribution in [2.45, 2.75) is 51.5 Å². The van der Waals surface area contributed by atoms with Crippen LogP contribution in [0.4, 0.5) is 0 Å². The maximum atomic E-state index is 13.1. The molecule has 164 valence electrons. The second-order valence-electron chi connectivity index (χ2n) is 7.53.